The van der Waals surface area contributed by atoms with Crippen LogP contribution in [0.4, 0.5) is 5.69 Å². The number of ether oxygens (including phenoxy) is 1. The number of fused-ring (bicyclic) bond motifs is 4. The molecule has 4 rings (SSSR count). The average Bonchev–Trinajstić information content (AvgIpc) is 3.26. The number of hydrogen-bond acceptors (Lipinski definition) is 4. The number of nitrogens with one attached hydrogen (secondary N) is 2. The van der Waals surface area contributed by atoms with Gasteiger partial charge in [-0.25, -0.2) is 0 Å². The molecule has 0 aliphatic carbocycles. The van der Waals surface area contributed by atoms with Gasteiger partial charge in [-0.05, 0) is 38.3 Å². The van der Waals surface area contributed by atoms with Crippen LogP contribution in [0, 0.1) is 5.92 Å². The third-order valence-electron chi connectivity index (χ3n) is 5.92. The summed E-state index contributed by atoms with van der Waals surface area (Å²) in [4.78, 5) is 28.4. The van der Waals surface area contributed by atoms with Crippen molar-refractivity contribution in [3.05, 3.63) is 29.8 Å². The molecule has 2 fully saturated rings. The van der Waals surface area contributed by atoms with Crippen molar-refractivity contribution in [1.29, 1.82) is 0 Å². The lowest BCUT2D eigenvalue weighted by molar-refractivity contribution is -0.137. The van der Waals surface area contributed by atoms with E-state index < -0.39 is 5.54 Å². The normalized spacial score (nSPS) is 30.4. The zero-order valence-corrected chi connectivity index (χ0v) is 14.6. The smallest absolute Gasteiger partial charge is 0.250 e. The maximum absolute atomic E-state index is 13.1. The van der Waals surface area contributed by atoms with Crippen molar-refractivity contribution in [3.8, 4) is 0 Å². The van der Waals surface area contributed by atoms with Crippen molar-refractivity contribution in [1.82, 2.24) is 10.2 Å². The average molecular weight is 343 g/mol. The standard InChI is InChI=1S/C19H25N3O3/c1-25-11-5-9-20-17(23)15-12-13-6-4-10-22(13)19(15)14-7-2-3-8-16(14)21-18(19)24/h2-3,7-8,13,15H,4-6,9-12H2,1H3,(H,20,23)(H,21,24). The first kappa shape index (κ1) is 16.5. The number of anilines is 1. The van der Waals surface area contributed by atoms with Crippen LogP contribution in [0.3, 0.4) is 0 Å². The minimum absolute atomic E-state index is 0.0163. The molecule has 1 aromatic rings. The molecule has 0 radical (unpaired) electrons. The zero-order chi connectivity index (χ0) is 17.4. The molecule has 6 nitrogen and oxygen atoms in total. The van der Waals surface area contributed by atoms with Crippen LogP contribution in [0.15, 0.2) is 24.3 Å². The maximum atomic E-state index is 13.1. The third kappa shape index (κ3) is 2.39. The van der Waals surface area contributed by atoms with E-state index in [2.05, 4.69) is 15.5 Å². The lowest BCUT2D eigenvalue weighted by Crippen LogP contribution is -2.54. The summed E-state index contributed by atoms with van der Waals surface area (Å²) in [6.07, 6.45) is 3.67. The summed E-state index contributed by atoms with van der Waals surface area (Å²) in [6.45, 7) is 2.07. The summed E-state index contributed by atoms with van der Waals surface area (Å²) in [5.41, 5.74) is 0.960. The van der Waals surface area contributed by atoms with E-state index in [-0.39, 0.29) is 17.7 Å². The Morgan fingerprint density at radius 1 is 1.44 bits per heavy atom. The molecule has 2 amide bonds. The molecule has 3 aliphatic rings. The van der Waals surface area contributed by atoms with Gasteiger partial charge in [-0.15, -0.1) is 0 Å². The fraction of sp³-hybridized carbons (Fsp3) is 0.579. The van der Waals surface area contributed by atoms with Gasteiger partial charge in [-0.3, -0.25) is 14.5 Å². The highest BCUT2D eigenvalue weighted by atomic mass is 16.5. The van der Waals surface area contributed by atoms with E-state index in [1.54, 1.807) is 7.11 Å². The number of methoxy groups -OCH3 is 1. The van der Waals surface area contributed by atoms with E-state index in [1.165, 1.54) is 0 Å². The molecule has 6 heteroatoms. The van der Waals surface area contributed by atoms with Crippen LogP contribution in [0.2, 0.25) is 0 Å². The highest BCUT2D eigenvalue weighted by molar-refractivity contribution is 6.09. The molecule has 1 aromatic carbocycles. The molecule has 2 N–H and O–H groups in total. The van der Waals surface area contributed by atoms with E-state index in [0.717, 1.165) is 43.5 Å². The SMILES string of the molecule is COCCCNC(=O)C1CC2CCCN2C12C(=O)Nc1ccccc12. The molecular formula is C19H25N3O3. The van der Waals surface area contributed by atoms with Gasteiger partial charge in [0.25, 0.3) is 0 Å². The number of carbonyl (C=O) groups excluding carboxylic acids is 2. The van der Waals surface area contributed by atoms with Crippen molar-refractivity contribution < 1.29 is 14.3 Å². The third-order valence-corrected chi connectivity index (χ3v) is 5.92. The Balaban J connectivity index is 1.67. The molecule has 3 unspecified atom stereocenters. The van der Waals surface area contributed by atoms with Gasteiger partial charge in [0.05, 0.1) is 5.92 Å². The second-order valence-corrected chi connectivity index (χ2v) is 7.18. The van der Waals surface area contributed by atoms with E-state index in [0.29, 0.717) is 19.2 Å². The molecule has 2 saturated heterocycles. The van der Waals surface area contributed by atoms with E-state index in [1.807, 2.05) is 24.3 Å². The highest BCUT2D eigenvalue weighted by Gasteiger charge is 2.65. The lowest BCUT2D eigenvalue weighted by atomic mass is 9.78. The quantitative estimate of drug-likeness (QED) is 0.795. The van der Waals surface area contributed by atoms with Crippen molar-refractivity contribution in [2.75, 3.05) is 32.1 Å². The number of rotatable bonds is 5. The summed E-state index contributed by atoms with van der Waals surface area (Å²) < 4.78 is 5.04. The van der Waals surface area contributed by atoms with Gasteiger partial charge in [0.15, 0.2) is 0 Å². The van der Waals surface area contributed by atoms with Crippen LogP contribution in [-0.4, -0.2) is 49.6 Å². The van der Waals surface area contributed by atoms with Crippen LogP contribution in [0.1, 0.15) is 31.2 Å². The monoisotopic (exact) mass is 343 g/mol. The van der Waals surface area contributed by atoms with Crippen molar-refractivity contribution in [3.63, 3.8) is 0 Å². The fourth-order valence-corrected chi connectivity index (χ4v) is 4.93. The van der Waals surface area contributed by atoms with Crippen molar-refractivity contribution in [2.45, 2.75) is 37.3 Å². The molecule has 3 aliphatic heterocycles. The van der Waals surface area contributed by atoms with Crippen molar-refractivity contribution >= 4 is 17.5 Å². The van der Waals surface area contributed by atoms with E-state index in [4.69, 9.17) is 4.74 Å². The van der Waals surface area contributed by atoms with Gasteiger partial charge in [0.2, 0.25) is 11.8 Å². The number of carbonyl (C=O) groups is 2. The van der Waals surface area contributed by atoms with Gasteiger partial charge < -0.3 is 15.4 Å². The Morgan fingerprint density at radius 2 is 2.28 bits per heavy atom. The van der Waals surface area contributed by atoms with Crippen LogP contribution in [0.25, 0.3) is 0 Å². The second-order valence-electron chi connectivity index (χ2n) is 7.18. The number of nitrogens with zero attached hydrogens (tertiary/aromatic N) is 1. The molecule has 3 heterocycles. The second kappa shape index (κ2) is 6.42. The van der Waals surface area contributed by atoms with Crippen LogP contribution in [-0.2, 0) is 19.9 Å². The summed E-state index contributed by atoms with van der Waals surface area (Å²) >= 11 is 0. The minimum atomic E-state index is -0.844. The first-order valence-electron chi connectivity index (χ1n) is 9.14. The molecular weight excluding hydrogens is 318 g/mol. The van der Waals surface area contributed by atoms with Crippen LogP contribution in [0.5, 0.6) is 0 Å². The minimum Gasteiger partial charge on any atom is -0.385 e. The molecule has 0 aromatic heterocycles. The Bertz CT molecular complexity index is 692. The first-order chi connectivity index (χ1) is 12.2. The molecule has 25 heavy (non-hydrogen) atoms. The Labute approximate surface area is 147 Å². The van der Waals surface area contributed by atoms with Gasteiger partial charge in [-0.1, -0.05) is 18.2 Å². The molecule has 134 valence electrons. The maximum Gasteiger partial charge on any atom is 0.250 e. The summed E-state index contributed by atoms with van der Waals surface area (Å²) in [7, 11) is 1.65. The molecule has 3 atom stereocenters. The number of hydrogen-bond donors (Lipinski definition) is 2. The van der Waals surface area contributed by atoms with E-state index in [9.17, 15) is 9.59 Å². The Hall–Kier alpha value is -1.92. The number of para-hydroxylation sites is 1. The van der Waals surface area contributed by atoms with Gasteiger partial charge in [0, 0.05) is 37.6 Å². The summed E-state index contributed by atoms with van der Waals surface area (Å²) in [5, 5.41) is 6.05. The topological polar surface area (TPSA) is 70.7 Å². The number of benzene rings is 1. The zero-order valence-electron chi connectivity index (χ0n) is 14.6. The predicted octanol–water partition coefficient (Wildman–Crippen LogP) is 1.47. The van der Waals surface area contributed by atoms with Crippen LogP contribution >= 0.6 is 0 Å². The Morgan fingerprint density at radius 3 is 3.12 bits per heavy atom. The highest BCUT2D eigenvalue weighted by Crippen LogP contribution is 2.55. The van der Waals surface area contributed by atoms with Gasteiger partial charge >= 0.3 is 0 Å². The van der Waals surface area contributed by atoms with Crippen molar-refractivity contribution in [2.24, 2.45) is 5.92 Å². The lowest BCUT2D eigenvalue weighted by Gasteiger charge is -2.36. The Kier molecular flexibility index (Phi) is 4.25. The largest absolute Gasteiger partial charge is 0.385 e. The van der Waals surface area contributed by atoms with E-state index >= 15 is 0 Å². The molecule has 1 spiro atoms. The van der Waals surface area contributed by atoms with Gasteiger partial charge in [0.1, 0.15) is 5.54 Å². The molecule has 0 saturated carbocycles. The summed E-state index contributed by atoms with van der Waals surface area (Å²) in [6, 6.07) is 8.12. The predicted molar refractivity (Wildman–Crippen MR) is 94.1 cm³/mol. The first-order valence-corrected chi connectivity index (χ1v) is 9.14. The summed E-state index contributed by atoms with van der Waals surface area (Å²) in [5.74, 6) is -0.406. The fourth-order valence-electron chi connectivity index (χ4n) is 4.93. The number of amides is 2. The van der Waals surface area contributed by atoms with Gasteiger partial charge in [-0.2, -0.15) is 0 Å². The van der Waals surface area contributed by atoms with Crippen LogP contribution < -0.4 is 10.6 Å². The molecule has 0 bridgehead atoms.